The number of benzene rings is 1. The van der Waals surface area contributed by atoms with Gasteiger partial charge in [-0.05, 0) is 36.1 Å². The van der Waals surface area contributed by atoms with Crippen LogP contribution in [-0.2, 0) is 17.8 Å². The first kappa shape index (κ1) is 20.3. The average molecular weight is 404 g/mol. The summed E-state index contributed by atoms with van der Waals surface area (Å²) in [6.07, 6.45) is 7.16. The Balaban J connectivity index is 1.59. The zero-order valence-corrected chi connectivity index (χ0v) is 17.5. The van der Waals surface area contributed by atoms with Gasteiger partial charge in [-0.15, -0.1) is 0 Å². The van der Waals surface area contributed by atoms with E-state index in [1.165, 1.54) is 5.56 Å². The lowest BCUT2D eigenvalue weighted by molar-refractivity contribution is -0.134. The highest BCUT2D eigenvalue weighted by Crippen LogP contribution is 2.27. The normalized spacial score (nSPS) is 17.8. The van der Waals surface area contributed by atoms with Crippen LogP contribution in [0.5, 0.6) is 0 Å². The Labute approximate surface area is 177 Å². The van der Waals surface area contributed by atoms with Crippen molar-refractivity contribution in [2.45, 2.75) is 26.3 Å². The van der Waals surface area contributed by atoms with Crippen molar-refractivity contribution in [2.24, 2.45) is 5.92 Å². The van der Waals surface area contributed by atoms with Crippen molar-refractivity contribution in [3.63, 3.8) is 0 Å². The van der Waals surface area contributed by atoms with Crippen molar-refractivity contribution in [1.29, 1.82) is 0 Å². The Hall–Kier alpha value is -2.99. The fourth-order valence-electron chi connectivity index (χ4n) is 4.28. The first-order valence-electron chi connectivity index (χ1n) is 10.7. The number of H-pyrrole nitrogens is 1. The summed E-state index contributed by atoms with van der Waals surface area (Å²) in [4.78, 5) is 22.1. The van der Waals surface area contributed by atoms with Crippen LogP contribution in [0, 0.1) is 5.92 Å². The van der Waals surface area contributed by atoms with Crippen LogP contribution in [0.4, 0.5) is 0 Å². The second-order valence-electron chi connectivity index (χ2n) is 7.94. The Morgan fingerprint density at radius 2 is 2.00 bits per heavy atom. The lowest BCUT2D eigenvalue weighted by Crippen LogP contribution is -2.37. The maximum Gasteiger partial charge on any atom is 0.227 e. The molecule has 0 saturated carbocycles. The van der Waals surface area contributed by atoms with E-state index < -0.39 is 0 Å². The van der Waals surface area contributed by atoms with Crippen molar-refractivity contribution in [2.75, 3.05) is 26.2 Å². The highest BCUT2D eigenvalue weighted by molar-refractivity contribution is 5.80. The first-order valence-corrected chi connectivity index (χ1v) is 10.7. The van der Waals surface area contributed by atoms with Crippen LogP contribution in [0.2, 0.25) is 0 Å². The van der Waals surface area contributed by atoms with Crippen LogP contribution in [0.3, 0.4) is 0 Å². The number of hydrogen-bond acceptors (Lipinski definition) is 4. The number of aromatic nitrogens is 3. The van der Waals surface area contributed by atoms with Crippen LogP contribution in [-0.4, -0.2) is 57.1 Å². The van der Waals surface area contributed by atoms with Crippen molar-refractivity contribution in [3.8, 4) is 11.1 Å². The summed E-state index contributed by atoms with van der Waals surface area (Å²) in [6.45, 7) is 6.14. The third-order valence-electron chi connectivity index (χ3n) is 5.73. The molecule has 0 spiro atoms. The molecular weight excluding hydrogens is 374 g/mol. The van der Waals surface area contributed by atoms with Gasteiger partial charge in [0.15, 0.2) is 0 Å². The molecule has 1 amide bonds. The van der Waals surface area contributed by atoms with Gasteiger partial charge in [0.05, 0.1) is 5.92 Å². The molecule has 156 valence electrons. The number of nitrogens with zero attached hydrogens (tertiary/aromatic N) is 4. The highest BCUT2D eigenvalue weighted by Gasteiger charge is 2.30. The van der Waals surface area contributed by atoms with Crippen molar-refractivity contribution >= 4 is 5.91 Å². The molecule has 6 nitrogen and oxygen atoms in total. The fourth-order valence-corrected chi connectivity index (χ4v) is 4.28. The molecule has 1 aromatic carbocycles. The van der Waals surface area contributed by atoms with Crippen LogP contribution < -0.4 is 0 Å². The van der Waals surface area contributed by atoms with Gasteiger partial charge < -0.3 is 4.90 Å². The van der Waals surface area contributed by atoms with Gasteiger partial charge in [-0.3, -0.25) is 19.8 Å². The molecule has 2 aromatic heterocycles. The molecule has 1 aliphatic rings. The zero-order chi connectivity index (χ0) is 20.8. The molecule has 1 aliphatic heterocycles. The third-order valence-corrected chi connectivity index (χ3v) is 5.73. The summed E-state index contributed by atoms with van der Waals surface area (Å²) in [5.41, 5.74) is 4.53. The lowest BCUT2D eigenvalue weighted by atomic mass is 9.91. The number of pyridine rings is 1. The van der Waals surface area contributed by atoms with Gasteiger partial charge >= 0.3 is 0 Å². The second-order valence-corrected chi connectivity index (χ2v) is 7.94. The topological polar surface area (TPSA) is 65.1 Å². The number of nitrogens with one attached hydrogen (secondary N) is 1. The number of hydrogen-bond donors (Lipinski definition) is 1. The van der Waals surface area contributed by atoms with Crippen LogP contribution in [0.1, 0.15) is 24.6 Å². The first-order chi connectivity index (χ1) is 14.7. The summed E-state index contributed by atoms with van der Waals surface area (Å²) in [6, 6.07) is 14.4. The summed E-state index contributed by atoms with van der Waals surface area (Å²) in [5, 5.41) is 7.12. The molecule has 3 aromatic rings. The third kappa shape index (κ3) is 4.76. The minimum absolute atomic E-state index is 0.0696. The maximum absolute atomic E-state index is 13.4. The van der Waals surface area contributed by atoms with Gasteiger partial charge in [-0.2, -0.15) is 5.10 Å². The Morgan fingerprint density at radius 1 is 1.10 bits per heavy atom. The molecule has 6 heteroatoms. The Morgan fingerprint density at radius 3 is 2.77 bits per heavy atom. The minimum Gasteiger partial charge on any atom is -0.341 e. The largest absolute Gasteiger partial charge is 0.341 e. The molecule has 3 heterocycles. The van der Waals surface area contributed by atoms with Gasteiger partial charge in [0.25, 0.3) is 0 Å². The van der Waals surface area contributed by atoms with Gasteiger partial charge in [-0.25, -0.2) is 0 Å². The van der Waals surface area contributed by atoms with Crippen LogP contribution >= 0.6 is 0 Å². The number of aromatic amines is 1. The predicted octanol–water partition coefficient (Wildman–Crippen LogP) is 3.38. The van der Waals surface area contributed by atoms with Gasteiger partial charge in [0.1, 0.15) is 0 Å². The Kier molecular flexibility index (Phi) is 6.54. The SMILES string of the molecule is CCCN1CCN(Cc2ccn[nH]2)C[C@H](Cc2ccccc2-c2cccnc2)C1=O. The maximum atomic E-state index is 13.4. The molecule has 1 atom stereocenters. The Bertz CT molecular complexity index is 941. The van der Waals surface area contributed by atoms with Crippen molar-refractivity contribution in [1.82, 2.24) is 25.0 Å². The van der Waals surface area contributed by atoms with E-state index in [2.05, 4.69) is 57.3 Å². The summed E-state index contributed by atoms with van der Waals surface area (Å²) in [7, 11) is 0. The highest BCUT2D eigenvalue weighted by atomic mass is 16.2. The fraction of sp³-hybridized carbons (Fsp3) is 0.375. The zero-order valence-electron chi connectivity index (χ0n) is 17.5. The predicted molar refractivity (Wildman–Crippen MR) is 118 cm³/mol. The number of amides is 1. The molecule has 1 N–H and O–H groups in total. The molecule has 4 rings (SSSR count). The molecule has 1 saturated heterocycles. The van der Waals surface area contributed by atoms with Gasteiger partial charge in [0.2, 0.25) is 5.91 Å². The standard InChI is InChI=1S/C24H29N5O/c1-2-12-29-14-13-28(18-22-9-11-26-27-22)17-21(24(29)30)15-19-6-3-4-8-23(19)20-7-5-10-25-16-20/h3-11,16,21H,2,12-15,17-18H2,1H3,(H,26,27)/t21-/m0/s1. The number of carbonyl (C=O) groups excluding carboxylic acids is 1. The summed E-state index contributed by atoms with van der Waals surface area (Å²) in [5.74, 6) is 0.199. The smallest absolute Gasteiger partial charge is 0.227 e. The van der Waals surface area contributed by atoms with E-state index in [0.717, 1.165) is 62.4 Å². The van der Waals surface area contributed by atoms with E-state index in [4.69, 9.17) is 0 Å². The average Bonchev–Trinajstić information content (AvgIpc) is 3.24. The van der Waals surface area contributed by atoms with Crippen LogP contribution in [0.15, 0.2) is 61.1 Å². The lowest BCUT2D eigenvalue weighted by Gasteiger charge is -2.24. The van der Waals surface area contributed by atoms with E-state index in [1.54, 1.807) is 12.4 Å². The van der Waals surface area contributed by atoms with Gasteiger partial charge in [-0.1, -0.05) is 37.3 Å². The molecule has 0 unspecified atom stereocenters. The van der Waals surface area contributed by atoms with E-state index in [0.29, 0.717) is 0 Å². The minimum atomic E-state index is -0.0696. The number of rotatable bonds is 7. The van der Waals surface area contributed by atoms with E-state index in [9.17, 15) is 4.79 Å². The van der Waals surface area contributed by atoms with Gasteiger partial charge in [0, 0.05) is 62.6 Å². The number of carbonyl (C=O) groups is 1. The molecule has 0 radical (unpaired) electrons. The van der Waals surface area contributed by atoms with Crippen LogP contribution in [0.25, 0.3) is 11.1 Å². The van der Waals surface area contributed by atoms with Crippen molar-refractivity contribution in [3.05, 3.63) is 72.3 Å². The summed E-state index contributed by atoms with van der Waals surface area (Å²) < 4.78 is 0. The second kappa shape index (κ2) is 9.67. The quantitative estimate of drug-likeness (QED) is 0.657. The monoisotopic (exact) mass is 403 g/mol. The molecule has 0 bridgehead atoms. The molecule has 1 fully saturated rings. The summed E-state index contributed by atoms with van der Waals surface area (Å²) >= 11 is 0. The van der Waals surface area contributed by atoms with E-state index >= 15 is 0 Å². The molecular formula is C24H29N5O. The van der Waals surface area contributed by atoms with E-state index in [1.807, 2.05) is 23.2 Å². The molecule has 0 aliphatic carbocycles. The van der Waals surface area contributed by atoms with Crippen molar-refractivity contribution < 1.29 is 4.79 Å². The molecule has 30 heavy (non-hydrogen) atoms. The van der Waals surface area contributed by atoms with E-state index in [-0.39, 0.29) is 11.8 Å².